The minimum absolute atomic E-state index is 0.659. The van der Waals surface area contributed by atoms with E-state index in [4.69, 9.17) is 14.4 Å². The molecule has 2 aromatic heterocycles. The maximum atomic E-state index is 6.43. The zero-order valence-corrected chi connectivity index (χ0v) is 27.6. The fraction of sp³-hybridized carbons (Fsp3) is 0. The topological polar surface area (TPSA) is 38.9 Å². The number of hydrogen-bond donors (Lipinski definition) is 0. The van der Waals surface area contributed by atoms with Crippen LogP contribution in [-0.2, 0) is 0 Å². The van der Waals surface area contributed by atoms with Gasteiger partial charge in [0.25, 0.3) is 0 Å². The molecule has 0 spiro atoms. The van der Waals surface area contributed by atoms with E-state index in [1.807, 2.05) is 24.3 Å². The second-order valence-corrected chi connectivity index (χ2v) is 12.9. The van der Waals surface area contributed by atoms with E-state index in [1.165, 1.54) is 32.7 Å². The van der Waals surface area contributed by atoms with E-state index in [0.717, 1.165) is 61.1 Å². The highest BCUT2D eigenvalue weighted by atomic mass is 16.3. The Hall–Kier alpha value is -6.84. The largest absolute Gasteiger partial charge is 0.456 e. The molecule has 10 aromatic rings. The van der Waals surface area contributed by atoms with Crippen LogP contribution in [0.25, 0.3) is 99.6 Å². The predicted octanol–water partition coefficient (Wildman–Crippen LogP) is 13.0. The molecule has 0 saturated heterocycles. The van der Waals surface area contributed by atoms with Gasteiger partial charge in [0, 0.05) is 27.5 Å². The van der Waals surface area contributed by atoms with Gasteiger partial charge in [-0.05, 0) is 74.1 Å². The molecule has 3 heteroatoms. The van der Waals surface area contributed by atoms with Gasteiger partial charge in [-0.2, -0.15) is 0 Å². The molecule has 0 fully saturated rings. The van der Waals surface area contributed by atoms with Crippen molar-refractivity contribution in [2.45, 2.75) is 0 Å². The molecule has 0 aliphatic carbocycles. The number of aromatic nitrogens is 2. The molecule has 0 aliphatic rings. The molecule has 3 nitrogen and oxygen atoms in total. The van der Waals surface area contributed by atoms with Crippen LogP contribution in [0.15, 0.2) is 186 Å². The minimum Gasteiger partial charge on any atom is -0.456 e. The number of furan rings is 1. The Morgan fingerprint density at radius 3 is 1.59 bits per heavy atom. The van der Waals surface area contributed by atoms with Crippen molar-refractivity contribution in [3.8, 4) is 56.2 Å². The second-order valence-electron chi connectivity index (χ2n) is 12.9. The summed E-state index contributed by atoms with van der Waals surface area (Å²) in [6, 6.07) is 63.8. The van der Waals surface area contributed by atoms with Gasteiger partial charge in [0.15, 0.2) is 5.82 Å². The number of hydrogen-bond acceptors (Lipinski definition) is 3. The number of rotatable bonds is 5. The lowest BCUT2D eigenvalue weighted by Crippen LogP contribution is -1.98. The standard InChI is InChI=1S/C48H30N2O/c1-3-13-33(14-4-1)42-30-43(34-15-5-2-6-16-34)50-48(49-42)47-37(27-28-45-46(47)40-21-11-12-22-44(40)51-45)31-23-25-32(26-24-31)41-29-35-17-7-8-18-36(35)38-19-9-10-20-39(38)41/h1-30H. The van der Waals surface area contributed by atoms with Gasteiger partial charge in [0.2, 0.25) is 0 Å². The van der Waals surface area contributed by atoms with E-state index in [9.17, 15) is 0 Å². The molecule has 0 bridgehead atoms. The molecule has 0 amide bonds. The Balaban J connectivity index is 1.21. The number of benzene rings is 8. The summed E-state index contributed by atoms with van der Waals surface area (Å²) in [6.45, 7) is 0. The molecule has 0 N–H and O–H groups in total. The molecule has 0 saturated carbocycles. The first-order valence-electron chi connectivity index (χ1n) is 17.2. The Kier molecular flexibility index (Phi) is 6.81. The maximum Gasteiger partial charge on any atom is 0.161 e. The van der Waals surface area contributed by atoms with Crippen molar-refractivity contribution in [2.24, 2.45) is 0 Å². The number of para-hydroxylation sites is 1. The SMILES string of the molecule is c1ccc(-c2cc(-c3ccccc3)nc(-c3c(-c4ccc(-c5cc6ccccc6c6ccccc56)cc4)ccc4oc5ccccc5c34)n2)cc1. The van der Waals surface area contributed by atoms with Gasteiger partial charge in [0.1, 0.15) is 11.2 Å². The average molecular weight is 651 g/mol. The lowest BCUT2D eigenvalue weighted by molar-refractivity contribution is 0.669. The summed E-state index contributed by atoms with van der Waals surface area (Å²) in [7, 11) is 0. The summed E-state index contributed by atoms with van der Waals surface area (Å²) >= 11 is 0. The van der Waals surface area contributed by atoms with Gasteiger partial charge < -0.3 is 4.42 Å². The second kappa shape index (κ2) is 11.9. The summed E-state index contributed by atoms with van der Waals surface area (Å²) in [5.41, 5.74) is 10.9. The third-order valence-corrected chi connectivity index (χ3v) is 9.91. The maximum absolute atomic E-state index is 6.43. The zero-order valence-electron chi connectivity index (χ0n) is 27.6. The monoisotopic (exact) mass is 650 g/mol. The first-order chi connectivity index (χ1) is 25.3. The molecule has 2 heterocycles. The predicted molar refractivity (Wildman–Crippen MR) is 212 cm³/mol. The molecular weight excluding hydrogens is 621 g/mol. The highest BCUT2D eigenvalue weighted by Crippen LogP contribution is 2.43. The van der Waals surface area contributed by atoms with Crippen LogP contribution in [0, 0.1) is 0 Å². The molecule has 238 valence electrons. The average Bonchev–Trinajstić information content (AvgIpc) is 3.60. The highest BCUT2D eigenvalue weighted by molar-refractivity contribution is 6.16. The van der Waals surface area contributed by atoms with E-state index in [0.29, 0.717) is 5.82 Å². The molecule has 51 heavy (non-hydrogen) atoms. The minimum atomic E-state index is 0.659. The molecule has 0 unspecified atom stereocenters. The normalized spacial score (nSPS) is 11.5. The van der Waals surface area contributed by atoms with Crippen LogP contribution < -0.4 is 0 Å². The molecule has 0 aliphatic heterocycles. The van der Waals surface area contributed by atoms with Crippen LogP contribution in [0.5, 0.6) is 0 Å². The van der Waals surface area contributed by atoms with Gasteiger partial charge in [-0.25, -0.2) is 9.97 Å². The number of nitrogens with zero attached hydrogens (tertiary/aromatic N) is 2. The molecule has 0 atom stereocenters. The molecule has 10 rings (SSSR count). The van der Waals surface area contributed by atoms with Gasteiger partial charge >= 0.3 is 0 Å². The van der Waals surface area contributed by atoms with Gasteiger partial charge in [-0.3, -0.25) is 0 Å². The van der Waals surface area contributed by atoms with Crippen LogP contribution in [0.4, 0.5) is 0 Å². The Morgan fingerprint density at radius 2 is 0.902 bits per heavy atom. The fourth-order valence-electron chi connectivity index (χ4n) is 7.48. The molecular formula is C48H30N2O. The van der Waals surface area contributed by atoms with Crippen LogP contribution in [0.1, 0.15) is 0 Å². The summed E-state index contributed by atoms with van der Waals surface area (Å²) in [5.74, 6) is 0.659. The van der Waals surface area contributed by atoms with Gasteiger partial charge in [-0.15, -0.1) is 0 Å². The van der Waals surface area contributed by atoms with Crippen molar-refractivity contribution in [3.05, 3.63) is 182 Å². The van der Waals surface area contributed by atoms with Crippen molar-refractivity contribution >= 4 is 43.5 Å². The zero-order chi connectivity index (χ0) is 33.7. The Bertz CT molecular complexity index is 2830. The first-order valence-corrected chi connectivity index (χ1v) is 17.2. The van der Waals surface area contributed by atoms with Crippen molar-refractivity contribution in [2.75, 3.05) is 0 Å². The Morgan fingerprint density at radius 1 is 0.353 bits per heavy atom. The van der Waals surface area contributed by atoms with Crippen LogP contribution in [0.2, 0.25) is 0 Å². The van der Waals surface area contributed by atoms with E-state index >= 15 is 0 Å². The Labute approximate surface area is 295 Å². The third-order valence-electron chi connectivity index (χ3n) is 9.91. The van der Waals surface area contributed by atoms with Gasteiger partial charge in [0.05, 0.1) is 11.4 Å². The van der Waals surface area contributed by atoms with E-state index < -0.39 is 0 Å². The quantitative estimate of drug-likeness (QED) is 0.174. The van der Waals surface area contributed by atoms with Gasteiger partial charge in [-0.1, -0.05) is 152 Å². The highest BCUT2D eigenvalue weighted by Gasteiger charge is 2.21. The van der Waals surface area contributed by atoms with Crippen LogP contribution in [0.3, 0.4) is 0 Å². The summed E-state index contributed by atoms with van der Waals surface area (Å²) in [6.07, 6.45) is 0. The molecule has 8 aromatic carbocycles. The first kappa shape index (κ1) is 29.1. The third kappa shape index (κ3) is 4.98. The number of fused-ring (bicyclic) bond motifs is 6. The van der Waals surface area contributed by atoms with Crippen molar-refractivity contribution in [3.63, 3.8) is 0 Å². The van der Waals surface area contributed by atoms with E-state index in [-0.39, 0.29) is 0 Å². The van der Waals surface area contributed by atoms with Crippen molar-refractivity contribution in [1.82, 2.24) is 9.97 Å². The van der Waals surface area contributed by atoms with Crippen molar-refractivity contribution < 1.29 is 4.42 Å². The lowest BCUT2D eigenvalue weighted by atomic mass is 9.91. The fourth-order valence-corrected chi connectivity index (χ4v) is 7.48. The lowest BCUT2D eigenvalue weighted by Gasteiger charge is -2.15. The van der Waals surface area contributed by atoms with Crippen LogP contribution in [-0.4, -0.2) is 9.97 Å². The summed E-state index contributed by atoms with van der Waals surface area (Å²) in [5, 5.41) is 7.07. The van der Waals surface area contributed by atoms with Crippen molar-refractivity contribution in [1.29, 1.82) is 0 Å². The smallest absolute Gasteiger partial charge is 0.161 e. The summed E-state index contributed by atoms with van der Waals surface area (Å²) in [4.78, 5) is 10.6. The van der Waals surface area contributed by atoms with E-state index in [2.05, 4.69) is 158 Å². The summed E-state index contributed by atoms with van der Waals surface area (Å²) < 4.78 is 6.43. The van der Waals surface area contributed by atoms with E-state index in [1.54, 1.807) is 0 Å². The van der Waals surface area contributed by atoms with Crippen LogP contribution >= 0.6 is 0 Å². The molecule has 0 radical (unpaired) electrons.